The van der Waals surface area contributed by atoms with Gasteiger partial charge in [0, 0.05) is 43.7 Å². The van der Waals surface area contributed by atoms with Gasteiger partial charge in [0.05, 0.1) is 31.9 Å². The summed E-state index contributed by atoms with van der Waals surface area (Å²) < 4.78 is 31.1. The number of carbonyl (C=O) groups is 1. The van der Waals surface area contributed by atoms with E-state index in [1.54, 1.807) is 0 Å². The monoisotopic (exact) mass is 644 g/mol. The predicted molar refractivity (Wildman–Crippen MR) is 177 cm³/mol. The molecule has 6 rings (SSSR count). The number of aromatic nitrogens is 2. The fourth-order valence-electron chi connectivity index (χ4n) is 5.88. The Morgan fingerprint density at radius 3 is 2.60 bits per heavy atom. The van der Waals surface area contributed by atoms with Gasteiger partial charge >= 0.3 is 6.09 Å². The van der Waals surface area contributed by atoms with E-state index in [4.69, 9.17) is 28.8 Å². The molecule has 0 aliphatic carbocycles. The molecule has 2 fully saturated rings. The molecule has 1 unspecified atom stereocenters. The molecule has 2 aliphatic heterocycles. The largest absolute Gasteiger partial charge is 0.494 e. The maximum absolute atomic E-state index is 12.1. The molecule has 11 heteroatoms. The molecule has 2 aliphatic rings. The first kappa shape index (κ1) is 32.8. The van der Waals surface area contributed by atoms with Crippen LogP contribution in [0, 0.1) is 0 Å². The van der Waals surface area contributed by atoms with Gasteiger partial charge in [0.15, 0.2) is 6.23 Å². The third-order valence-electron chi connectivity index (χ3n) is 8.38. The van der Waals surface area contributed by atoms with Gasteiger partial charge in [-0.2, -0.15) is 5.10 Å². The molecule has 3 aromatic carbocycles. The van der Waals surface area contributed by atoms with Crippen LogP contribution >= 0.6 is 0 Å². The molecule has 3 heterocycles. The van der Waals surface area contributed by atoms with Crippen LogP contribution < -0.4 is 14.8 Å². The van der Waals surface area contributed by atoms with E-state index in [1.165, 1.54) is 0 Å². The Balaban J connectivity index is 1.14. The van der Waals surface area contributed by atoms with Crippen LogP contribution in [0.1, 0.15) is 43.0 Å². The lowest BCUT2D eigenvalue weighted by molar-refractivity contribution is -0.0365. The normalized spacial score (nSPS) is 17.0. The molecule has 47 heavy (non-hydrogen) atoms. The van der Waals surface area contributed by atoms with Crippen molar-refractivity contribution >= 4 is 17.0 Å². The Morgan fingerprint density at radius 2 is 1.79 bits per heavy atom. The van der Waals surface area contributed by atoms with E-state index >= 15 is 0 Å². The molecule has 1 aromatic heterocycles. The number of hydrogen-bond donors (Lipinski definition) is 2. The van der Waals surface area contributed by atoms with E-state index in [0.717, 1.165) is 85.4 Å². The van der Waals surface area contributed by atoms with Crippen LogP contribution in [0.15, 0.2) is 66.7 Å². The van der Waals surface area contributed by atoms with Crippen molar-refractivity contribution in [2.24, 2.45) is 0 Å². The topological polar surface area (TPSA) is 117 Å². The van der Waals surface area contributed by atoms with Crippen LogP contribution in [-0.4, -0.2) is 85.1 Å². The van der Waals surface area contributed by atoms with Crippen molar-refractivity contribution in [2.45, 2.75) is 45.1 Å². The lowest BCUT2D eigenvalue weighted by Gasteiger charge is -2.26. The van der Waals surface area contributed by atoms with Gasteiger partial charge in [0.2, 0.25) is 0 Å². The van der Waals surface area contributed by atoms with E-state index in [9.17, 15) is 9.90 Å². The van der Waals surface area contributed by atoms with E-state index in [0.29, 0.717) is 44.3 Å². The first-order chi connectivity index (χ1) is 23.2. The van der Waals surface area contributed by atoms with Gasteiger partial charge in [-0.1, -0.05) is 30.3 Å². The van der Waals surface area contributed by atoms with Crippen molar-refractivity contribution in [3.8, 4) is 22.8 Å². The summed E-state index contributed by atoms with van der Waals surface area (Å²) in [7, 11) is 0. The molecular formula is C36H44N4O7. The minimum absolute atomic E-state index is 0.111. The van der Waals surface area contributed by atoms with Crippen LogP contribution in [0.4, 0.5) is 4.79 Å². The van der Waals surface area contributed by atoms with Crippen molar-refractivity contribution in [1.29, 1.82) is 0 Å². The molecule has 2 saturated heterocycles. The Labute approximate surface area is 275 Å². The van der Waals surface area contributed by atoms with Gasteiger partial charge in [0.25, 0.3) is 0 Å². The highest BCUT2D eigenvalue weighted by molar-refractivity contribution is 5.94. The number of benzene rings is 3. The number of fused-ring (bicyclic) bond motifs is 1. The highest BCUT2D eigenvalue weighted by atomic mass is 16.5. The molecule has 1 atom stereocenters. The standard InChI is InChI=1S/C36H44N4O7/c41-25-28-21-29(23-31(22-28)45-20-15-39-13-18-43-19-14-39)35-32-24-30(10-11-33(32)40(38-35)34-9-4-5-16-46-34)44-17-6-12-37-36(42)47-26-27-7-2-1-3-8-27/h1-3,7-8,10-11,21-24,34,41H,4-6,9,12-20,25-26H2,(H,37,42). The number of hydrogen-bond acceptors (Lipinski definition) is 9. The van der Waals surface area contributed by atoms with Crippen LogP contribution in [0.5, 0.6) is 11.5 Å². The molecule has 250 valence electrons. The maximum atomic E-state index is 12.1. The summed E-state index contributed by atoms with van der Waals surface area (Å²) in [5.41, 5.74) is 4.27. The average Bonchev–Trinajstić information content (AvgIpc) is 3.51. The smallest absolute Gasteiger partial charge is 0.407 e. The van der Waals surface area contributed by atoms with Crippen molar-refractivity contribution in [3.63, 3.8) is 0 Å². The highest BCUT2D eigenvalue weighted by Crippen LogP contribution is 2.36. The number of aliphatic hydroxyl groups excluding tert-OH is 1. The zero-order valence-electron chi connectivity index (χ0n) is 26.8. The minimum atomic E-state index is -0.452. The zero-order chi connectivity index (χ0) is 32.3. The van der Waals surface area contributed by atoms with Gasteiger partial charge < -0.3 is 34.1 Å². The number of alkyl carbamates (subject to hydrolysis) is 1. The number of carbonyl (C=O) groups excluding carboxylic acids is 1. The molecule has 1 amide bonds. The fourth-order valence-corrected chi connectivity index (χ4v) is 5.88. The predicted octanol–water partition coefficient (Wildman–Crippen LogP) is 5.30. The third kappa shape index (κ3) is 9.01. The van der Waals surface area contributed by atoms with Gasteiger partial charge in [-0.05, 0) is 73.2 Å². The second-order valence-corrected chi connectivity index (χ2v) is 11.8. The number of amides is 1. The third-order valence-corrected chi connectivity index (χ3v) is 8.38. The number of morpholine rings is 1. The number of ether oxygens (including phenoxy) is 5. The highest BCUT2D eigenvalue weighted by Gasteiger charge is 2.23. The van der Waals surface area contributed by atoms with Crippen LogP contribution in [0.2, 0.25) is 0 Å². The molecule has 11 nitrogen and oxygen atoms in total. The molecule has 0 bridgehead atoms. The first-order valence-electron chi connectivity index (χ1n) is 16.6. The maximum Gasteiger partial charge on any atom is 0.407 e. The Hall–Kier alpha value is -4.16. The Bertz CT molecular complexity index is 1580. The summed E-state index contributed by atoms with van der Waals surface area (Å²) in [6, 6.07) is 21.4. The second kappa shape index (κ2) is 16.6. The first-order valence-corrected chi connectivity index (χ1v) is 16.6. The molecule has 2 N–H and O–H groups in total. The van der Waals surface area contributed by atoms with Crippen molar-refractivity contribution in [3.05, 3.63) is 77.9 Å². The molecule has 0 saturated carbocycles. The molecule has 4 aromatic rings. The van der Waals surface area contributed by atoms with Gasteiger partial charge in [-0.15, -0.1) is 0 Å². The van der Waals surface area contributed by atoms with Gasteiger partial charge in [0.1, 0.15) is 30.4 Å². The van der Waals surface area contributed by atoms with Crippen LogP contribution in [0.3, 0.4) is 0 Å². The van der Waals surface area contributed by atoms with Crippen LogP contribution in [-0.2, 0) is 27.4 Å². The van der Waals surface area contributed by atoms with Crippen molar-refractivity contribution in [2.75, 3.05) is 59.2 Å². The lowest BCUT2D eigenvalue weighted by atomic mass is 10.0. The van der Waals surface area contributed by atoms with Crippen LogP contribution in [0.25, 0.3) is 22.2 Å². The summed E-state index contributed by atoms with van der Waals surface area (Å²) in [5, 5.41) is 18.9. The van der Waals surface area contributed by atoms with E-state index < -0.39 is 6.09 Å². The lowest BCUT2D eigenvalue weighted by Crippen LogP contribution is -2.38. The van der Waals surface area contributed by atoms with E-state index in [2.05, 4.69) is 10.2 Å². The number of aliphatic hydroxyl groups is 1. The zero-order valence-corrected chi connectivity index (χ0v) is 26.8. The SMILES string of the molecule is O=C(NCCCOc1ccc2c(c1)c(-c1cc(CO)cc(OCCN3CCOCC3)c1)nn2C1CCCCO1)OCc1ccccc1. The quantitative estimate of drug-likeness (QED) is 0.176. The van der Waals surface area contributed by atoms with Crippen molar-refractivity contribution < 1.29 is 33.6 Å². The fraction of sp³-hybridized carbons (Fsp3) is 0.444. The molecule has 0 radical (unpaired) electrons. The van der Waals surface area contributed by atoms with Crippen molar-refractivity contribution in [1.82, 2.24) is 20.0 Å². The summed E-state index contributed by atoms with van der Waals surface area (Å²) in [5.74, 6) is 1.40. The van der Waals surface area contributed by atoms with Gasteiger partial charge in [-0.25, -0.2) is 9.48 Å². The van der Waals surface area contributed by atoms with E-state index in [-0.39, 0.29) is 19.4 Å². The Kier molecular flexibility index (Phi) is 11.6. The summed E-state index contributed by atoms with van der Waals surface area (Å²) in [6.07, 6.45) is 3.03. The average molecular weight is 645 g/mol. The number of nitrogens with one attached hydrogen (secondary N) is 1. The molecule has 0 spiro atoms. The molecular weight excluding hydrogens is 600 g/mol. The van der Waals surface area contributed by atoms with Gasteiger partial charge in [-0.3, -0.25) is 4.90 Å². The summed E-state index contributed by atoms with van der Waals surface area (Å²) in [6.45, 7) is 6.32. The second-order valence-electron chi connectivity index (χ2n) is 11.8. The summed E-state index contributed by atoms with van der Waals surface area (Å²) in [4.78, 5) is 14.4. The number of nitrogens with zero attached hydrogens (tertiary/aromatic N) is 3. The minimum Gasteiger partial charge on any atom is -0.494 e. The van der Waals surface area contributed by atoms with E-state index in [1.807, 2.05) is 71.4 Å². The number of rotatable bonds is 14. The Morgan fingerprint density at radius 1 is 0.936 bits per heavy atom. The summed E-state index contributed by atoms with van der Waals surface area (Å²) >= 11 is 0.